The molecule has 2 fully saturated rings. The predicted molar refractivity (Wildman–Crippen MR) is 105 cm³/mol. The molecule has 0 spiro atoms. The number of carbonyl (C=O) groups excluding carboxylic acids is 1. The molecule has 1 aliphatic carbocycles. The maximum Gasteiger partial charge on any atom is 0.234 e. The first-order chi connectivity index (χ1) is 12.4. The van der Waals surface area contributed by atoms with Crippen molar-refractivity contribution in [2.45, 2.75) is 63.5 Å². The molecule has 1 amide bonds. The van der Waals surface area contributed by atoms with Crippen molar-refractivity contribution in [1.29, 1.82) is 0 Å². The number of hydrogen-bond donors (Lipinski definition) is 3. The van der Waals surface area contributed by atoms with Gasteiger partial charge in [0.15, 0.2) is 0 Å². The lowest BCUT2D eigenvalue weighted by Crippen LogP contribution is -2.42. The second-order valence-corrected chi connectivity index (χ2v) is 9.02. The molecule has 2 rings (SSSR count). The van der Waals surface area contributed by atoms with Crippen molar-refractivity contribution in [2.75, 3.05) is 40.3 Å². The first-order valence-corrected chi connectivity index (χ1v) is 11.0. The SMILES string of the molecule is CN1CCC(NCCC2CCC(NC(=O)CCN(C)S(=O)O)CC2)CC1. The van der Waals surface area contributed by atoms with Crippen LogP contribution >= 0.6 is 0 Å². The van der Waals surface area contributed by atoms with Crippen LogP contribution in [0.4, 0.5) is 0 Å². The van der Waals surface area contributed by atoms with Gasteiger partial charge in [-0.2, -0.15) is 0 Å². The van der Waals surface area contributed by atoms with Crippen LogP contribution in [-0.2, 0) is 16.1 Å². The molecular weight excluding hydrogens is 352 g/mol. The van der Waals surface area contributed by atoms with E-state index in [4.69, 9.17) is 4.55 Å². The Morgan fingerprint density at radius 3 is 2.42 bits per heavy atom. The standard InChI is InChI=1S/C18H36N4O3S/c1-21-12-8-16(9-13-21)19-11-7-15-3-5-17(6-4-15)20-18(23)10-14-22(2)26(24)25/h15-17,19H,3-14H2,1-2H3,(H,20,23)(H,24,25). The number of piperidine rings is 1. The molecule has 1 aliphatic heterocycles. The van der Waals surface area contributed by atoms with Gasteiger partial charge in [0.2, 0.25) is 17.2 Å². The van der Waals surface area contributed by atoms with E-state index in [0.29, 0.717) is 12.6 Å². The van der Waals surface area contributed by atoms with E-state index in [0.717, 1.165) is 25.3 Å². The first-order valence-electron chi connectivity index (χ1n) is 9.97. The average molecular weight is 389 g/mol. The third kappa shape index (κ3) is 8.00. The van der Waals surface area contributed by atoms with Crippen LogP contribution in [0.2, 0.25) is 0 Å². The van der Waals surface area contributed by atoms with Crippen molar-refractivity contribution in [3.8, 4) is 0 Å². The van der Waals surface area contributed by atoms with Gasteiger partial charge in [-0.1, -0.05) is 0 Å². The van der Waals surface area contributed by atoms with Gasteiger partial charge in [0, 0.05) is 32.1 Å². The van der Waals surface area contributed by atoms with Gasteiger partial charge in [0.25, 0.3) is 0 Å². The van der Waals surface area contributed by atoms with Gasteiger partial charge in [-0.15, -0.1) is 0 Å². The highest BCUT2D eigenvalue weighted by atomic mass is 32.2. The molecule has 2 aliphatic rings. The number of rotatable bonds is 9. The summed E-state index contributed by atoms with van der Waals surface area (Å²) in [7, 11) is 3.73. The Bertz CT molecular complexity index is 450. The fraction of sp³-hybridized carbons (Fsp3) is 0.944. The average Bonchev–Trinajstić information content (AvgIpc) is 2.62. The number of carbonyl (C=O) groups is 1. The Morgan fingerprint density at radius 1 is 1.15 bits per heavy atom. The van der Waals surface area contributed by atoms with Crippen LogP contribution < -0.4 is 10.6 Å². The summed E-state index contributed by atoms with van der Waals surface area (Å²) in [6, 6.07) is 0.957. The molecule has 3 N–H and O–H groups in total. The van der Waals surface area contributed by atoms with Crippen molar-refractivity contribution < 1.29 is 13.6 Å². The van der Waals surface area contributed by atoms with Crippen LogP contribution in [0.25, 0.3) is 0 Å². The van der Waals surface area contributed by atoms with Crippen LogP contribution in [-0.4, -0.2) is 76.2 Å². The third-order valence-electron chi connectivity index (χ3n) is 5.84. The summed E-state index contributed by atoms with van der Waals surface area (Å²) in [5.74, 6) is 0.750. The Morgan fingerprint density at radius 2 is 1.81 bits per heavy atom. The molecule has 7 nitrogen and oxygen atoms in total. The maximum atomic E-state index is 12.0. The smallest absolute Gasteiger partial charge is 0.234 e. The summed E-state index contributed by atoms with van der Waals surface area (Å²) < 4.78 is 21.0. The molecule has 1 atom stereocenters. The number of hydrogen-bond acceptors (Lipinski definition) is 4. The first kappa shape index (κ1) is 21.8. The molecular formula is C18H36N4O3S. The number of nitrogens with zero attached hydrogens (tertiary/aromatic N) is 2. The van der Waals surface area contributed by atoms with Crippen molar-refractivity contribution >= 4 is 17.2 Å². The molecule has 0 radical (unpaired) electrons. The summed E-state index contributed by atoms with van der Waals surface area (Å²) in [5.41, 5.74) is 0. The molecule has 26 heavy (non-hydrogen) atoms. The van der Waals surface area contributed by atoms with Gasteiger partial charge in [0.1, 0.15) is 0 Å². The van der Waals surface area contributed by atoms with Gasteiger partial charge in [-0.3, -0.25) is 9.35 Å². The van der Waals surface area contributed by atoms with Gasteiger partial charge in [-0.25, -0.2) is 8.51 Å². The minimum Gasteiger partial charge on any atom is -0.353 e. The summed E-state index contributed by atoms with van der Waals surface area (Å²) in [6.45, 7) is 3.81. The zero-order valence-electron chi connectivity index (χ0n) is 16.3. The van der Waals surface area contributed by atoms with E-state index in [-0.39, 0.29) is 18.4 Å². The minimum atomic E-state index is -2.00. The Hall–Kier alpha value is -0.540. The Kier molecular flexibility index (Phi) is 9.49. The molecule has 152 valence electrons. The highest BCUT2D eigenvalue weighted by molar-refractivity contribution is 7.76. The molecule has 0 bridgehead atoms. The van der Waals surface area contributed by atoms with Crippen LogP contribution in [0, 0.1) is 5.92 Å². The van der Waals surface area contributed by atoms with E-state index in [1.165, 1.54) is 56.5 Å². The lowest BCUT2D eigenvalue weighted by molar-refractivity contribution is -0.122. The largest absolute Gasteiger partial charge is 0.353 e. The molecule has 0 aromatic rings. The number of amides is 1. The van der Waals surface area contributed by atoms with Crippen molar-refractivity contribution in [3.63, 3.8) is 0 Å². The normalized spacial score (nSPS) is 26.8. The molecule has 0 aromatic heterocycles. The maximum absolute atomic E-state index is 12.0. The molecule has 0 aromatic carbocycles. The highest BCUT2D eigenvalue weighted by Gasteiger charge is 2.23. The van der Waals surface area contributed by atoms with Crippen LogP contribution in [0.1, 0.15) is 51.4 Å². The van der Waals surface area contributed by atoms with Crippen molar-refractivity contribution in [2.24, 2.45) is 5.92 Å². The fourth-order valence-electron chi connectivity index (χ4n) is 3.94. The summed E-state index contributed by atoms with van der Waals surface area (Å²) in [4.78, 5) is 14.4. The van der Waals surface area contributed by atoms with E-state index < -0.39 is 11.3 Å². The Labute approximate surface area is 160 Å². The van der Waals surface area contributed by atoms with Crippen LogP contribution in [0.5, 0.6) is 0 Å². The molecule has 8 heteroatoms. The zero-order valence-corrected chi connectivity index (χ0v) is 17.1. The van der Waals surface area contributed by atoms with Crippen molar-refractivity contribution in [1.82, 2.24) is 19.8 Å². The third-order valence-corrected chi connectivity index (χ3v) is 6.55. The minimum absolute atomic E-state index is 0.0188. The fourth-order valence-corrected chi connectivity index (χ4v) is 4.18. The Balaban J connectivity index is 1.53. The van der Waals surface area contributed by atoms with E-state index in [1.807, 2.05) is 0 Å². The summed E-state index contributed by atoms with van der Waals surface area (Å²) >= 11 is -2.00. The quantitative estimate of drug-likeness (QED) is 0.517. The lowest BCUT2D eigenvalue weighted by Gasteiger charge is -2.32. The predicted octanol–water partition coefficient (Wildman–Crippen LogP) is 1.19. The molecule has 1 heterocycles. The lowest BCUT2D eigenvalue weighted by atomic mass is 9.84. The monoisotopic (exact) mass is 388 g/mol. The van der Waals surface area contributed by atoms with E-state index in [1.54, 1.807) is 0 Å². The van der Waals surface area contributed by atoms with Crippen molar-refractivity contribution in [3.05, 3.63) is 0 Å². The zero-order chi connectivity index (χ0) is 18.9. The van der Waals surface area contributed by atoms with E-state index >= 15 is 0 Å². The molecule has 1 unspecified atom stereocenters. The topological polar surface area (TPSA) is 84.9 Å². The van der Waals surface area contributed by atoms with E-state index in [2.05, 4.69) is 22.6 Å². The second-order valence-electron chi connectivity index (χ2n) is 7.94. The van der Waals surface area contributed by atoms with E-state index in [9.17, 15) is 9.00 Å². The van der Waals surface area contributed by atoms with Gasteiger partial charge in [0.05, 0.1) is 0 Å². The molecule has 1 saturated carbocycles. The van der Waals surface area contributed by atoms with Gasteiger partial charge >= 0.3 is 0 Å². The summed E-state index contributed by atoms with van der Waals surface area (Å²) in [6.07, 6.45) is 8.48. The van der Waals surface area contributed by atoms with Gasteiger partial charge < -0.3 is 15.5 Å². The summed E-state index contributed by atoms with van der Waals surface area (Å²) in [5, 5.41) is 6.80. The van der Waals surface area contributed by atoms with Gasteiger partial charge in [-0.05, 0) is 77.5 Å². The molecule has 1 saturated heterocycles. The highest BCUT2D eigenvalue weighted by Crippen LogP contribution is 2.26. The second kappa shape index (κ2) is 11.3. The van der Waals surface area contributed by atoms with Crippen LogP contribution in [0.15, 0.2) is 0 Å². The number of nitrogens with one attached hydrogen (secondary N) is 2. The van der Waals surface area contributed by atoms with Crippen LogP contribution in [0.3, 0.4) is 0 Å². The number of likely N-dealkylation sites (tertiary alicyclic amines) is 1.